The van der Waals surface area contributed by atoms with E-state index in [0.717, 1.165) is 70.8 Å². The number of carbonyl (C=O) groups is 1. The number of aliphatic carboxylic acids is 1. The molecule has 1 saturated heterocycles. The van der Waals surface area contributed by atoms with Gasteiger partial charge in [0.2, 0.25) is 0 Å². The third-order valence-electron chi connectivity index (χ3n) is 10.9. The molecule has 0 radical (unpaired) electrons. The van der Waals surface area contributed by atoms with Crippen LogP contribution in [0.15, 0.2) is 0 Å². The van der Waals surface area contributed by atoms with Gasteiger partial charge >= 0.3 is 5.97 Å². The van der Waals surface area contributed by atoms with Gasteiger partial charge in [0, 0.05) is 19.4 Å². The van der Waals surface area contributed by atoms with Gasteiger partial charge in [0.15, 0.2) is 14.6 Å². The summed E-state index contributed by atoms with van der Waals surface area (Å²) in [5, 5.41) is 20.4. The molecule has 0 bridgehead atoms. The van der Waals surface area contributed by atoms with E-state index in [1.165, 1.54) is 32.1 Å². The summed E-state index contributed by atoms with van der Waals surface area (Å²) >= 11 is 0. The molecule has 6 atom stereocenters. The molecule has 40 heavy (non-hydrogen) atoms. The van der Waals surface area contributed by atoms with E-state index in [-0.39, 0.29) is 41.5 Å². The van der Waals surface area contributed by atoms with E-state index in [1.54, 1.807) is 0 Å². The first kappa shape index (κ1) is 34.0. The van der Waals surface area contributed by atoms with Crippen LogP contribution in [0.3, 0.4) is 0 Å². The summed E-state index contributed by atoms with van der Waals surface area (Å²) < 4.78 is 19.9. The first-order valence-corrected chi connectivity index (χ1v) is 19.6. The third kappa shape index (κ3) is 9.79. The number of aliphatic hydroxyl groups excluding tert-OH is 1. The summed E-state index contributed by atoms with van der Waals surface area (Å²) in [6.45, 7) is 15.0. The highest BCUT2D eigenvalue weighted by Crippen LogP contribution is 2.48. The maximum absolute atomic E-state index is 11.3. The molecular weight excluding hydrogens is 520 g/mol. The Morgan fingerprint density at radius 3 is 2.20 bits per heavy atom. The van der Waals surface area contributed by atoms with Gasteiger partial charge in [0.05, 0.1) is 17.8 Å². The van der Waals surface area contributed by atoms with Crippen molar-refractivity contribution in [1.29, 1.82) is 0 Å². The van der Waals surface area contributed by atoms with Crippen molar-refractivity contribution in [3.8, 4) is 0 Å². The summed E-state index contributed by atoms with van der Waals surface area (Å²) in [4.78, 5) is 10.9. The zero-order valence-corrected chi connectivity index (χ0v) is 27.7. The first-order valence-electron chi connectivity index (χ1n) is 16.7. The monoisotopic (exact) mass is 582 g/mol. The van der Waals surface area contributed by atoms with Crippen molar-refractivity contribution in [2.75, 3.05) is 6.61 Å². The largest absolute Gasteiger partial charge is 0.481 e. The molecule has 0 aromatic heterocycles. The number of rotatable bonds is 15. The molecule has 0 spiro atoms. The van der Waals surface area contributed by atoms with E-state index in [2.05, 4.69) is 40.8 Å². The van der Waals surface area contributed by atoms with E-state index < -0.39 is 14.3 Å². The maximum atomic E-state index is 11.3. The molecule has 2 aliphatic carbocycles. The van der Waals surface area contributed by atoms with Crippen LogP contribution in [0.1, 0.15) is 137 Å². The van der Waals surface area contributed by atoms with Gasteiger partial charge in [0.25, 0.3) is 0 Å². The number of unbranched alkanes of at least 4 members (excludes halogenated alkanes) is 3. The average molecular weight is 583 g/mol. The molecule has 234 valence electrons. The molecule has 2 saturated carbocycles. The molecular formula is C33H62O6Si. The fourth-order valence-electron chi connectivity index (χ4n) is 7.38. The number of aliphatic hydroxyl groups is 1. The number of carboxylic acids is 1. The molecule has 0 aromatic rings. The van der Waals surface area contributed by atoms with Gasteiger partial charge in [-0.15, -0.1) is 0 Å². The number of carboxylic acid groups (broad SMARTS) is 1. The summed E-state index contributed by atoms with van der Waals surface area (Å²) in [6, 6.07) is 0. The van der Waals surface area contributed by atoms with Gasteiger partial charge in [0.1, 0.15) is 0 Å². The van der Waals surface area contributed by atoms with Crippen LogP contribution in [-0.2, 0) is 18.7 Å². The van der Waals surface area contributed by atoms with Gasteiger partial charge < -0.3 is 24.1 Å². The predicted octanol–water partition coefficient (Wildman–Crippen LogP) is 8.46. The van der Waals surface area contributed by atoms with Crippen LogP contribution in [0, 0.1) is 17.8 Å². The van der Waals surface area contributed by atoms with E-state index in [9.17, 15) is 9.90 Å². The fraction of sp³-hybridized carbons (Fsp3) is 0.970. The van der Waals surface area contributed by atoms with Crippen molar-refractivity contribution in [2.45, 2.75) is 179 Å². The van der Waals surface area contributed by atoms with Crippen LogP contribution in [0.5, 0.6) is 0 Å². The highest BCUT2D eigenvalue weighted by Gasteiger charge is 2.49. The second-order valence-electron chi connectivity index (χ2n) is 15.0. The summed E-state index contributed by atoms with van der Waals surface area (Å²) in [6.07, 6.45) is 16.9. The summed E-state index contributed by atoms with van der Waals surface area (Å²) in [7, 11) is -1.97. The van der Waals surface area contributed by atoms with Crippen molar-refractivity contribution in [2.24, 2.45) is 17.8 Å². The minimum Gasteiger partial charge on any atom is -0.481 e. The smallest absolute Gasteiger partial charge is 0.303 e. The SMILES string of the molecule is CC(C)(C)[Si](C)(C)O[C@@](C)(CC[C@H]1C(OC2CCCCO2)C[C@H](O)[C@@H]1CCCCCCC(=O)O)C1CCCCC1. The number of hydrogen-bond acceptors (Lipinski definition) is 5. The Morgan fingerprint density at radius 1 is 0.900 bits per heavy atom. The lowest BCUT2D eigenvalue weighted by molar-refractivity contribution is -0.197. The second-order valence-corrected chi connectivity index (χ2v) is 19.7. The lowest BCUT2D eigenvalue weighted by atomic mass is 9.73. The Labute approximate surface area is 246 Å². The molecule has 1 heterocycles. The lowest BCUT2D eigenvalue weighted by Gasteiger charge is -2.49. The maximum Gasteiger partial charge on any atom is 0.303 e. The van der Waals surface area contributed by atoms with Crippen LogP contribution in [0.25, 0.3) is 0 Å². The third-order valence-corrected chi connectivity index (χ3v) is 15.5. The zero-order chi connectivity index (χ0) is 29.4. The van der Waals surface area contributed by atoms with Gasteiger partial charge in [-0.2, -0.15) is 0 Å². The number of hydrogen-bond donors (Lipinski definition) is 2. The molecule has 3 aliphatic rings. The van der Waals surface area contributed by atoms with E-state index in [0.29, 0.717) is 18.3 Å². The second kappa shape index (κ2) is 15.3. The molecule has 7 heteroatoms. The molecule has 6 nitrogen and oxygen atoms in total. The highest BCUT2D eigenvalue weighted by molar-refractivity contribution is 6.74. The average Bonchev–Trinajstić information content (AvgIpc) is 3.18. The van der Waals surface area contributed by atoms with E-state index >= 15 is 0 Å². The minimum atomic E-state index is -1.97. The van der Waals surface area contributed by atoms with Crippen LogP contribution in [0.4, 0.5) is 0 Å². The Bertz CT molecular complexity index is 755. The lowest BCUT2D eigenvalue weighted by Crippen LogP contribution is -2.52. The molecule has 3 rings (SSSR count). The molecule has 3 fully saturated rings. The molecule has 0 aromatic carbocycles. The summed E-state index contributed by atoms with van der Waals surface area (Å²) in [5.74, 6) is 0.398. The van der Waals surface area contributed by atoms with Crippen molar-refractivity contribution >= 4 is 14.3 Å². The minimum absolute atomic E-state index is 0.0265. The van der Waals surface area contributed by atoms with Gasteiger partial charge in [-0.3, -0.25) is 4.79 Å². The van der Waals surface area contributed by atoms with E-state index in [1.807, 2.05) is 0 Å². The van der Waals surface area contributed by atoms with Gasteiger partial charge in [-0.05, 0) is 101 Å². The standard InChI is InChI=1S/C33H62O6Si/c1-32(2,3)40(5,6)39-33(4,25-16-10-9-11-17-25)22-21-27-26(18-12-7-8-13-19-30(35)36)28(34)24-29(27)38-31-20-14-15-23-37-31/h25-29,31,34H,7-24H2,1-6H3,(H,35,36)/t26-,27-,28+,29?,31?,33+/m1/s1. The molecule has 2 unspecified atom stereocenters. The Morgan fingerprint density at radius 2 is 1.57 bits per heavy atom. The molecule has 1 aliphatic heterocycles. The number of ether oxygens (including phenoxy) is 2. The quantitative estimate of drug-likeness (QED) is 0.149. The van der Waals surface area contributed by atoms with Crippen LogP contribution in [-0.4, -0.2) is 55.2 Å². The molecule has 2 N–H and O–H groups in total. The van der Waals surface area contributed by atoms with Crippen LogP contribution < -0.4 is 0 Å². The van der Waals surface area contributed by atoms with Crippen molar-refractivity contribution in [3.63, 3.8) is 0 Å². The van der Waals surface area contributed by atoms with Crippen LogP contribution >= 0.6 is 0 Å². The van der Waals surface area contributed by atoms with Gasteiger partial charge in [-0.1, -0.05) is 59.3 Å². The topological polar surface area (TPSA) is 85.2 Å². The Balaban J connectivity index is 1.73. The van der Waals surface area contributed by atoms with Crippen molar-refractivity contribution in [3.05, 3.63) is 0 Å². The van der Waals surface area contributed by atoms with E-state index in [4.69, 9.17) is 19.0 Å². The first-order chi connectivity index (χ1) is 18.8. The van der Waals surface area contributed by atoms with Crippen LogP contribution in [0.2, 0.25) is 18.1 Å². The highest BCUT2D eigenvalue weighted by atomic mass is 28.4. The Hall–Kier alpha value is -0.473. The normalized spacial score (nSPS) is 30.3. The van der Waals surface area contributed by atoms with Crippen molar-refractivity contribution in [1.82, 2.24) is 0 Å². The summed E-state index contributed by atoms with van der Waals surface area (Å²) in [5.41, 5.74) is -0.149. The van der Waals surface area contributed by atoms with Crippen molar-refractivity contribution < 1.29 is 28.9 Å². The Kier molecular flexibility index (Phi) is 13.0. The predicted molar refractivity (Wildman–Crippen MR) is 164 cm³/mol. The fourth-order valence-corrected chi connectivity index (χ4v) is 9.12. The zero-order valence-electron chi connectivity index (χ0n) is 26.7. The molecule has 0 amide bonds. The van der Waals surface area contributed by atoms with Gasteiger partial charge in [-0.25, -0.2) is 0 Å².